The van der Waals surface area contributed by atoms with Crippen molar-refractivity contribution < 1.29 is 32.3 Å². The molecule has 3 saturated heterocycles. The summed E-state index contributed by atoms with van der Waals surface area (Å²) in [6, 6.07) is 2.55. The molecule has 4 aliphatic heterocycles. The normalized spacial score (nSPS) is 21.0. The number of urea groups is 1. The second-order valence-electron chi connectivity index (χ2n) is 13.6. The highest BCUT2D eigenvalue weighted by molar-refractivity contribution is 7.08. The van der Waals surface area contributed by atoms with Gasteiger partial charge in [0.25, 0.3) is 5.91 Å². The number of ether oxygens (including phenoxy) is 1. The van der Waals surface area contributed by atoms with E-state index < -0.39 is 29.8 Å². The van der Waals surface area contributed by atoms with Gasteiger partial charge in [0.1, 0.15) is 0 Å². The van der Waals surface area contributed by atoms with E-state index in [-0.39, 0.29) is 34.8 Å². The van der Waals surface area contributed by atoms with Crippen molar-refractivity contribution in [1.29, 1.82) is 0 Å². The molecule has 0 bridgehead atoms. The monoisotopic (exact) mass is 739 g/mol. The van der Waals surface area contributed by atoms with Crippen LogP contribution in [-0.4, -0.2) is 134 Å². The third-order valence-electron chi connectivity index (χ3n) is 10.5. The number of amides is 4. The van der Waals surface area contributed by atoms with Gasteiger partial charge in [0.15, 0.2) is 6.10 Å². The highest BCUT2D eigenvalue weighted by Crippen LogP contribution is 2.40. The Morgan fingerprint density at radius 1 is 0.980 bits per heavy atom. The zero-order valence-electron chi connectivity index (χ0n) is 28.4. The van der Waals surface area contributed by atoms with Gasteiger partial charge in [-0.2, -0.15) is 13.2 Å². The van der Waals surface area contributed by atoms with Crippen molar-refractivity contribution in [3.63, 3.8) is 0 Å². The van der Waals surface area contributed by atoms with E-state index in [9.17, 15) is 27.6 Å². The molecule has 16 heteroatoms. The van der Waals surface area contributed by atoms with Crippen molar-refractivity contribution in [3.8, 4) is 0 Å². The molecule has 1 aromatic carbocycles. The van der Waals surface area contributed by atoms with Gasteiger partial charge < -0.3 is 35.0 Å². The summed E-state index contributed by atoms with van der Waals surface area (Å²) in [7, 11) is 3.47. The van der Waals surface area contributed by atoms with Gasteiger partial charge in [0.05, 0.1) is 22.0 Å². The Labute approximate surface area is 299 Å². The molecule has 1 atom stereocenters. The molecule has 2 aromatic rings. The van der Waals surface area contributed by atoms with E-state index in [1.54, 1.807) is 16.2 Å². The molecule has 274 valence electrons. The molecule has 2 N–H and O–H groups in total. The number of nitrogens with one attached hydrogen (secondary N) is 2. The number of likely N-dealkylation sites (tertiary alicyclic amines) is 2. The quantitative estimate of drug-likeness (QED) is 0.398. The van der Waals surface area contributed by atoms with Crippen LogP contribution >= 0.6 is 22.9 Å². The lowest BCUT2D eigenvalue weighted by Crippen LogP contribution is -2.56. The average Bonchev–Trinajstić information content (AvgIpc) is 3.47. The van der Waals surface area contributed by atoms with Crippen LogP contribution in [0.15, 0.2) is 22.9 Å². The van der Waals surface area contributed by atoms with Gasteiger partial charge in [-0.25, -0.2) is 9.59 Å². The summed E-state index contributed by atoms with van der Waals surface area (Å²) in [5.74, 6) is -0.438. The van der Waals surface area contributed by atoms with Crippen molar-refractivity contribution in [3.05, 3.63) is 44.6 Å². The Balaban J connectivity index is 1.13. The SMILES string of the molecule is CNc1c(Cl)cc(C[C@@H](OC(=O)N2CCC(N3CCc4cscc4NC3=O)CC2)C(=O)N2CCN(C3CCN(C)CC3)CC2)cc1C(F)(F)F. The molecule has 0 saturated carbocycles. The molecule has 0 spiro atoms. The average molecular weight is 740 g/mol. The molecular formula is C34H45ClF3N7O4S. The fourth-order valence-electron chi connectivity index (χ4n) is 7.58. The number of thiophene rings is 1. The predicted octanol–water partition coefficient (Wildman–Crippen LogP) is 5.30. The van der Waals surface area contributed by atoms with Gasteiger partial charge in [-0.15, -0.1) is 11.3 Å². The number of carbonyl (C=O) groups excluding carboxylic acids is 3. The van der Waals surface area contributed by atoms with Crippen molar-refractivity contribution in [2.24, 2.45) is 0 Å². The minimum atomic E-state index is -4.70. The number of benzene rings is 1. The largest absolute Gasteiger partial charge is 0.436 e. The molecule has 4 amide bonds. The van der Waals surface area contributed by atoms with Crippen LogP contribution in [0, 0.1) is 0 Å². The molecular weight excluding hydrogens is 695 g/mol. The van der Waals surface area contributed by atoms with Crippen LogP contribution in [0.4, 0.5) is 34.1 Å². The van der Waals surface area contributed by atoms with Gasteiger partial charge in [-0.3, -0.25) is 9.69 Å². The van der Waals surface area contributed by atoms with Crippen LogP contribution in [0.5, 0.6) is 0 Å². The van der Waals surface area contributed by atoms with Crippen LogP contribution in [0.25, 0.3) is 0 Å². The Morgan fingerprint density at radius 2 is 1.66 bits per heavy atom. The first kappa shape index (κ1) is 36.5. The summed E-state index contributed by atoms with van der Waals surface area (Å²) in [6.45, 7) is 5.45. The molecule has 6 rings (SSSR count). The van der Waals surface area contributed by atoms with Gasteiger partial charge in [-0.1, -0.05) is 11.6 Å². The first-order chi connectivity index (χ1) is 23.9. The molecule has 11 nitrogen and oxygen atoms in total. The maximum atomic E-state index is 14.0. The first-order valence-corrected chi connectivity index (χ1v) is 18.6. The van der Waals surface area contributed by atoms with Crippen LogP contribution in [-0.2, 0) is 28.5 Å². The summed E-state index contributed by atoms with van der Waals surface area (Å²) in [5.41, 5.74) is 0.865. The summed E-state index contributed by atoms with van der Waals surface area (Å²) < 4.78 is 47.9. The molecule has 5 heterocycles. The molecule has 1 aromatic heterocycles. The van der Waals surface area contributed by atoms with E-state index >= 15 is 0 Å². The number of hydrogen-bond acceptors (Lipinski definition) is 8. The van der Waals surface area contributed by atoms with Crippen molar-refractivity contribution in [1.82, 2.24) is 24.5 Å². The van der Waals surface area contributed by atoms with Crippen molar-refractivity contribution in [2.45, 2.75) is 62.9 Å². The van der Waals surface area contributed by atoms with Crippen molar-refractivity contribution in [2.75, 3.05) is 83.6 Å². The number of hydrogen-bond donors (Lipinski definition) is 2. The van der Waals surface area contributed by atoms with Crippen LogP contribution in [0.1, 0.15) is 42.4 Å². The number of piperidine rings is 2. The smallest absolute Gasteiger partial charge is 0.418 e. The Hall–Kier alpha value is -3.27. The summed E-state index contributed by atoms with van der Waals surface area (Å²) in [5, 5.41) is 9.32. The lowest BCUT2D eigenvalue weighted by molar-refractivity contribution is -0.143. The van der Waals surface area contributed by atoms with E-state index in [0.717, 1.165) is 49.7 Å². The highest BCUT2D eigenvalue weighted by atomic mass is 35.5. The number of nitrogens with zero attached hydrogens (tertiary/aromatic N) is 5. The van der Waals surface area contributed by atoms with E-state index in [4.69, 9.17) is 16.3 Å². The number of rotatable bonds is 7. The number of alkyl halides is 3. The fourth-order valence-corrected chi connectivity index (χ4v) is 8.74. The number of piperazine rings is 1. The van der Waals surface area contributed by atoms with E-state index in [1.165, 1.54) is 18.0 Å². The Bertz CT molecular complexity index is 1540. The number of anilines is 2. The van der Waals surface area contributed by atoms with Crippen LogP contribution in [0.2, 0.25) is 5.02 Å². The predicted molar refractivity (Wildman–Crippen MR) is 187 cm³/mol. The summed E-state index contributed by atoms with van der Waals surface area (Å²) in [6.07, 6.45) is -3.09. The zero-order valence-corrected chi connectivity index (χ0v) is 30.0. The van der Waals surface area contributed by atoms with E-state index in [1.807, 2.05) is 15.7 Å². The molecule has 0 radical (unpaired) electrons. The highest BCUT2D eigenvalue weighted by Gasteiger charge is 2.38. The topological polar surface area (TPSA) is 101 Å². The number of carbonyl (C=O) groups is 3. The van der Waals surface area contributed by atoms with E-state index in [0.29, 0.717) is 64.7 Å². The molecule has 3 fully saturated rings. The Kier molecular flexibility index (Phi) is 11.4. The third kappa shape index (κ3) is 8.27. The molecule has 0 aliphatic carbocycles. The second-order valence-corrected chi connectivity index (χ2v) is 14.8. The van der Waals surface area contributed by atoms with Gasteiger partial charge in [0.2, 0.25) is 0 Å². The standard InChI is InChI=1S/C34H45ClF3N7O4S/c1-39-30-26(34(36,37)38)17-22(18-27(30)35)19-29(31(46)43-15-13-42(14-16-43)24-4-8-41(2)9-5-24)49-33(48)44-10-6-25(7-11-44)45-12-3-23-20-50-21-28(23)40-32(45)47/h17-18,20-21,24-25,29,39H,3-16,19H2,1-2H3,(H,40,47)/t29-/m1/s1. The van der Waals surface area contributed by atoms with Gasteiger partial charge >= 0.3 is 18.3 Å². The van der Waals surface area contributed by atoms with Crippen LogP contribution < -0.4 is 10.6 Å². The maximum absolute atomic E-state index is 14.0. The fraction of sp³-hybridized carbons (Fsp3) is 0.618. The molecule has 0 unspecified atom stereocenters. The third-order valence-corrected chi connectivity index (χ3v) is 11.6. The maximum Gasteiger partial charge on any atom is 0.418 e. The lowest BCUT2D eigenvalue weighted by Gasteiger charge is -2.42. The Morgan fingerprint density at radius 3 is 2.32 bits per heavy atom. The minimum absolute atomic E-state index is 0.0707. The first-order valence-electron chi connectivity index (χ1n) is 17.3. The lowest BCUT2D eigenvalue weighted by atomic mass is 10.0. The van der Waals surface area contributed by atoms with Gasteiger partial charge in [-0.05, 0) is 80.9 Å². The molecule has 4 aliphatic rings. The summed E-state index contributed by atoms with van der Waals surface area (Å²) in [4.78, 5) is 50.3. The van der Waals surface area contributed by atoms with Crippen molar-refractivity contribution >= 4 is 52.3 Å². The minimum Gasteiger partial charge on any atom is -0.436 e. The number of halogens is 4. The number of fused-ring (bicyclic) bond motifs is 1. The van der Waals surface area contributed by atoms with Gasteiger partial charge in [0, 0.05) is 76.7 Å². The zero-order chi connectivity index (χ0) is 35.6. The second kappa shape index (κ2) is 15.5. The van der Waals surface area contributed by atoms with Crippen LogP contribution in [0.3, 0.4) is 0 Å². The van der Waals surface area contributed by atoms with E-state index in [2.05, 4.69) is 27.5 Å². The molecule has 50 heavy (non-hydrogen) atoms. The summed E-state index contributed by atoms with van der Waals surface area (Å²) >= 11 is 7.83.